The number of halogens is 2. The quantitative estimate of drug-likeness (QED) is 0.804. The highest BCUT2D eigenvalue weighted by molar-refractivity contribution is 7.80. The van der Waals surface area contributed by atoms with Crippen LogP contribution in [0.1, 0.15) is 15.9 Å². The van der Waals surface area contributed by atoms with E-state index in [1.54, 1.807) is 30.3 Å². The Kier molecular flexibility index (Phi) is 5.34. The average molecular weight is 350 g/mol. The number of nitriles is 1. The smallest absolute Gasteiger partial charge is 0.258 e. The summed E-state index contributed by atoms with van der Waals surface area (Å²) in [5, 5.41) is 15.0. The molecule has 0 spiro atoms. The number of benzene rings is 2. The molecule has 0 bridgehead atoms. The summed E-state index contributed by atoms with van der Waals surface area (Å²) in [4.78, 5) is 12.1. The molecule has 0 unspecified atom stereocenters. The Morgan fingerprint density at radius 3 is 2.64 bits per heavy atom. The normalized spacial score (nSPS) is 9.68. The van der Waals surface area contributed by atoms with Crippen molar-refractivity contribution >= 4 is 52.1 Å². The molecule has 22 heavy (non-hydrogen) atoms. The second kappa shape index (κ2) is 7.23. The Morgan fingerprint density at radius 2 is 1.95 bits per heavy atom. The van der Waals surface area contributed by atoms with Crippen molar-refractivity contribution in [3.05, 3.63) is 63.6 Å². The summed E-state index contributed by atoms with van der Waals surface area (Å²) < 4.78 is 0. The first-order valence-corrected chi connectivity index (χ1v) is 7.23. The SMILES string of the molecule is N#Cc1cccc(NC(=S)NC(=O)c2ccc(Cl)cc2Cl)c1. The molecule has 110 valence electrons. The molecule has 7 heteroatoms. The van der Waals surface area contributed by atoms with Gasteiger partial charge in [0.05, 0.1) is 22.2 Å². The van der Waals surface area contributed by atoms with Crippen LogP contribution in [-0.4, -0.2) is 11.0 Å². The Labute approximate surface area is 142 Å². The number of carbonyl (C=O) groups is 1. The molecule has 0 saturated carbocycles. The van der Waals surface area contributed by atoms with E-state index < -0.39 is 5.91 Å². The van der Waals surface area contributed by atoms with Crippen LogP contribution in [0.3, 0.4) is 0 Å². The van der Waals surface area contributed by atoms with Gasteiger partial charge in [-0.15, -0.1) is 0 Å². The van der Waals surface area contributed by atoms with Gasteiger partial charge in [-0.1, -0.05) is 29.3 Å². The largest absolute Gasteiger partial charge is 0.332 e. The second-order valence-electron chi connectivity index (χ2n) is 4.23. The molecule has 4 nitrogen and oxygen atoms in total. The van der Waals surface area contributed by atoms with E-state index in [-0.39, 0.29) is 15.7 Å². The lowest BCUT2D eigenvalue weighted by Crippen LogP contribution is -2.34. The zero-order chi connectivity index (χ0) is 16.1. The topological polar surface area (TPSA) is 64.9 Å². The van der Waals surface area contributed by atoms with E-state index in [4.69, 9.17) is 40.7 Å². The van der Waals surface area contributed by atoms with Crippen LogP contribution in [0, 0.1) is 11.3 Å². The van der Waals surface area contributed by atoms with Crippen molar-refractivity contribution in [3.8, 4) is 6.07 Å². The summed E-state index contributed by atoms with van der Waals surface area (Å²) in [6.07, 6.45) is 0. The molecule has 0 atom stereocenters. The predicted molar refractivity (Wildman–Crippen MR) is 91.3 cm³/mol. The highest BCUT2D eigenvalue weighted by Crippen LogP contribution is 2.20. The van der Waals surface area contributed by atoms with Crippen molar-refractivity contribution < 1.29 is 4.79 Å². The number of amides is 1. The molecular formula is C15H9Cl2N3OS. The van der Waals surface area contributed by atoms with Crippen LogP contribution in [0.25, 0.3) is 0 Å². The summed E-state index contributed by atoms with van der Waals surface area (Å²) in [7, 11) is 0. The van der Waals surface area contributed by atoms with E-state index in [1.165, 1.54) is 12.1 Å². The lowest BCUT2D eigenvalue weighted by atomic mass is 10.2. The third kappa shape index (κ3) is 4.18. The third-order valence-corrected chi connectivity index (χ3v) is 3.40. The van der Waals surface area contributed by atoms with Gasteiger partial charge < -0.3 is 5.32 Å². The van der Waals surface area contributed by atoms with Crippen LogP contribution >= 0.6 is 35.4 Å². The van der Waals surface area contributed by atoms with E-state index in [9.17, 15) is 4.79 Å². The van der Waals surface area contributed by atoms with Gasteiger partial charge in [0.15, 0.2) is 5.11 Å². The number of thiocarbonyl (C=S) groups is 1. The molecule has 0 aliphatic carbocycles. The lowest BCUT2D eigenvalue weighted by Gasteiger charge is -2.10. The van der Waals surface area contributed by atoms with Crippen molar-refractivity contribution in [3.63, 3.8) is 0 Å². The number of carbonyl (C=O) groups excluding carboxylic acids is 1. The lowest BCUT2D eigenvalue weighted by molar-refractivity contribution is 0.0978. The Hall–Kier alpha value is -2.13. The van der Waals surface area contributed by atoms with Gasteiger partial charge in [0.1, 0.15) is 0 Å². The van der Waals surface area contributed by atoms with E-state index in [2.05, 4.69) is 10.6 Å². The number of hydrogen-bond acceptors (Lipinski definition) is 3. The summed E-state index contributed by atoms with van der Waals surface area (Å²) in [5.41, 5.74) is 1.35. The zero-order valence-electron chi connectivity index (χ0n) is 11.1. The highest BCUT2D eigenvalue weighted by Gasteiger charge is 2.12. The van der Waals surface area contributed by atoms with Crippen molar-refractivity contribution in [2.24, 2.45) is 0 Å². The minimum absolute atomic E-state index is 0.103. The first kappa shape index (κ1) is 16.2. The van der Waals surface area contributed by atoms with E-state index in [0.29, 0.717) is 16.3 Å². The third-order valence-electron chi connectivity index (χ3n) is 2.65. The maximum absolute atomic E-state index is 12.1. The number of anilines is 1. The van der Waals surface area contributed by atoms with Gasteiger partial charge in [-0.25, -0.2) is 0 Å². The Bertz CT molecular complexity index is 787. The number of nitrogens with zero attached hydrogens (tertiary/aromatic N) is 1. The van der Waals surface area contributed by atoms with E-state index in [0.717, 1.165) is 0 Å². The fraction of sp³-hybridized carbons (Fsp3) is 0. The number of rotatable bonds is 2. The summed E-state index contributed by atoms with van der Waals surface area (Å²) >= 11 is 16.8. The molecular weight excluding hydrogens is 341 g/mol. The van der Waals surface area contributed by atoms with Crippen LogP contribution in [0.2, 0.25) is 10.0 Å². The Morgan fingerprint density at radius 1 is 1.18 bits per heavy atom. The first-order valence-electron chi connectivity index (χ1n) is 6.07. The van der Waals surface area contributed by atoms with Gasteiger partial charge in [-0.05, 0) is 48.6 Å². The van der Waals surface area contributed by atoms with Gasteiger partial charge in [0, 0.05) is 10.7 Å². The van der Waals surface area contributed by atoms with Crippen molar-refractivity contribution in [1.29, 1.82) is 5.26 Å². The van der Waals surface area contributed by atoms with Crippen molar-refractivity contribution in [2.75, 3.05) is 5.32 Å². The molecule has 0 saturated heterocycles. The average Bonchev–Trinajstić information content (AvgIpc) is 2.47. The highest BCUT2D eigenvalue weighted by atomic mass is 35.5. The molecule has 2 aromatic carbocycles. The van der Waals surface area contributed by atoms with Crippen LogP contribution < -0.4 is 10.6 Å². The van der Waals surface area contributed by atoms with Crippen molar-refractivity contribution in [2.45, 2.75) is 0 Å². The van der Waals surface area contributed by atoms with Gasteiger partial charge >= 0.3 is 0 Å². The molecule has 2 N–H and O–H groups in total. The fourth-order valence-electron chi connectivity index (χ4n) is 1.67. The minimum atomic E-state index is -0.449. The molecule has 1 amide bonds. The van der Waals surface area contributed by atoms with Gasteiger partial charge in [-0.2, -0.15) is 5.26 Å². The fourth-order valence-corrected chi connectivity index (χ4v) is 2.38. The predicted octanol–water partition coefficient (Wildman–Crippen LogP) is 3.99. The summed E-state index contributed by atoms with van der Waals surface area (Å²) in [6, 6.07) is 13.3. The molecule has 2 rings (SSSR count). The van der Waals surface area contributed by atoms with Crippen molar-refractivity contribution in [1.82, 2.24) is 5.32 Å². The molecule has 0 aliphatic heterocycles. The van der Waals surface area contributed by atoms with Crippen LogP contribution in [-0.2, 0) is 0 Å². The standard InChI is InChI=1S/C15H9Cl2N3OS/c16-10-4-5-12(13(17)7-10)14(21)20-15(22)19-11-3-1-2-9(6-11)8-18/h1-7H,(H2,19,20,21,22). The number of hydrogen-bond donors (Lipinski definition) is 2. The summed E-state index contributed by atoms with van der Waals surface area (Å²) in [5.74, 6) is -0.449. The van der Waals surface area contributed by atoms with Gasteiger partial charge in [0.25, 0.3) is 5.91 Å². The molecule has 0 aliphatic rings. The molecule has 0 radical (unpaired) electrons. The maximum atomic E-state index is 12.1. The van der Waals surface area contributed by atoms with Crippen LogP contribution in [0.5, 0.6) is 0 Å². The Balaban J connectivity index is 2.05. The first-order chi connectivity index (χ1) is 10.5. The monoisotopic (exact) mass is 349 g/mol. The maximum Gasteiger partial charge on any atom is 0.258 e. The molecule has 0 aromatic heterocycles. The van der Waals surface area contributed by atoms with Crippen LogP contribution in [0.4, 0.5) is 5.69 Å². The van der Waals surface area contributed by atoms with Gasteiger partial charge in [-0.3, -0.25) is 10.1 Å². The molecule has 0 heterocycles. The zero-order valence-corrected chi connectivity index (χ0v) is 13.4. The summed E-state index contributed by atoms with van der Waals surface area (Å²) in [6.45, 7) is 0. The second-order valence-corrected chi connectivity index (χ2v) is 5.48. The number of nitrogens with one attached hydrogen (secondary N) is 2. The van der Waals surface area contributed by atoms with E-state index >= 15 is 0 Å². The van der Waals surface area contributed by atoms with Gasteiger partial charge in [0.2, 0.25) is 0 Å². The minimum Gasteiger partial charge on any atom is -0.332 e. The van der Waals surface area contributed by atoms with E-state index in [1.807, 2.05) is 6.07 Å². The molecule has 0 fully saturated rings. The molecule has 2 aromatic rings. The van der Waals surface area contributed by atoms with Crippen LogP contribution in [0.15, 0.2) is 42.5 Å².